The highest BCUT2D eigenvalue weighted by molar-refractivity contribution is 5.85. The third-order valence-corrected chi connectivity index (χ3v) is 6.93. The van der Waals surface area contributed by atoms with Gasteiger partial charge in [-0.05, 0) is 49.7 Å². The lowest BCUT2D eigenvalue weighted by Crippen LogP contribution is -2.44. The predicted molar refractivity (Wildman–Crippen MR) is 130 cm³/mol. The van der Waals surface area contributed by atoms with Gasteiger partial charge in [0.25, 0.3) is 11.1 Å². The van der Waals surface area contributed by atoms with Crippen molar-refractivity contribution in [1.29, 1.82) is 0 Å². The molecule has 0 radical (unpaired) electrons. The fourth-order valence-corrected chi connectivity index (χ4v) is 5.24. The Morgan fingerprint density at radius 2 is 1.79 bits per heavy atom. The lowest BCUT2D eigenvalue weighted by molar-refractivity contribution is 0.169. The second-order valence-electron chi connectivity index (χ2n) is 9.05. The van der Waals surface area contributed by atoms with E-state index in [2.05, 4.69) is 27.3 Å². The molecule has 1 N–H and O–H groups in total. The Hall–Kier alpha value is -2.88. The van der Waals surface area contributed by atoms with Gasteiger partial charge in [0, 0.05) is 31.7 Å². The van der Waals surface area contributed by atoms with Crippen LogP contribution in [-0.2, 0) is 13.1 Å². The molecule has 1 fully saturated rings. The maximum atomic E-state index is 12.6. The number of piperidine rings is 1. The maximum absolute atomic E-state index is 12.6. The van der Waals surface area contributed by atoms with Crippen LogP contribution in [0.5, 0.6) is 11.5 Å². The Morgan fingerprint density at radius 3 is 2.62 bits per heavy atom. The summed E-state index contributed by atoms with van der Waals surface area (Å²) in [5.41, 5.74) is 2.32. The average molecular weight is 486 g/mol. The van der Waals surface area contributed by atoms with Crippen LogP contribution in [0.3, 0.4) is 0 Å². The monoisotopic (exact) mass is 485 g/mol. The fourth-order valence-electron chi connectivity index (χ4n) is 5.24. The van der Waals surface area contributed by atoms with E-state index < -0.39 is 0 Å². The van der Waals surface area contributed by atoms with Crippen LogP contribution >= 0.6 is 12.4 Å². The predicted octanol–water partition coefficient (Wildman–Crippen LogP) is 1.56. The zero-order valence-corrected chi connectivity index (χ0v) is 19.6. The van der Waals surface area contributed by atoms with Crippen molar-refractivity contribution in [1.82, 2.24) is 24.3 Å². The van der Waals surface area contributed by atoms with Gasteiger partial charge in [-0.2, -0.15) is 0 Å². The van der Waals surface area contributed by atoms with Gasteiger partial charge in [0.1, 0.15) is 24.4 Å². The van der Waals surface area contributed by atoms with Gasteiger partial charge in [-0.3, -0.25) is 18.7 Å². The number of halogens is 1. The lowest BCUT2D eigenvalue weighted by Gasteiger charge is -2.34. The molecular formula is C24H28ClN5O4. The molecule has 0 bridgehead atoms. The molecular weight excluding hydrogens is 458 g/mol. The lowest BCUT2D eigenvalue weighted by atomic mass is 10.0. The summed E-state index contributed by atoms with van der Waals surface area (Å²) in [4.78, 5) is 31.5. The minimum atomic E-state index is -0.147. The maximum Gasteiger partial charge on any atom is 0.270 e. The van der Waals surface area contributed by atoms with Crippen LogP contribution in [0.1, 0.15) is 24.4 Å². The highest BCUT2D eigenvalue weighted by Gasteiger charge is 2.29. The number of nitrogens with zero attached hydrogens (tertiary/aromatic N) is 4. The summed E-state index contributed by atoms with van der Waals surface area (Å²) in [5, 5.41) is 3.67. The summed E-state index contributed by atoms with van der Waals surface area (Å²) in [7, 11) is 0. The second kappa shape index (κ2) is 9.40. The Balaban J connectivity index is 0.00000241. The SMILES string of the molecule is Cl.O=c1cnc2ccc(=O)n3c2n1C[C@H]3CN1CCC(NCc2ccc3c(c2)OCCO3)CC1. The van der Waals surface area contributed by atoms with Crippen molar-refractivity contribution in [3.63, 3.8) is 0 Å². The van der Waals surface area contributed by atoms with E-state index in [0.717, 1.165) is 50.5 Å². The van der Waals surface area contributed by atoms with Crippen LogP contribution in [0, 0.1) is 0 Å². The minimum absolute atomic E-state index is 0. The van der Waals surface area contributed by atoms with Crippen molar-refractivity contribution in [2.45, 2.75) is 38.0 Å². The molecule has 3 aliphatic heterocycles. The smallest absolute Gasteiger partial charge is 0.270 e. The molecule has 5 heterocycles. The third kappa shape index (κ3) is 4.19. The first-order valence-corrected chi connectivity index (χ1v) is 11.6. The molecule has 3 aromatic rings. The van der Waals surface area contributed by atoms with Crippen LogP contribution in [0.2, 0.25) is 0 Å². The summed E-state index contributed by atoms with van der Waals surface area (Å²) in [6, 6.07) is 9.79. The average Bonchev–Trinajstić information content (AvgIpc) is 3.23. The molecule has 34 heavy (non-hydrogen) atoms. The van der Waals surface area contributed by atoms with E-state index in [4.69, 9.17) is 9.47 Å². The highest BCUT2D eigenvalue weighted by Crippen LogP contribution is 2.31. The molecule has 0 spiro atoms. The first-order valence-electron chi connectivity index (χ1n) is 11.6. The van der Waals surface area contributed by atoms with Crippen molar-refractivity contribution in [3.05, 3.63) is 62.8 Å². The topological polar surface area (TPSA) is 90.6 Å². The first-order chi connectivity index (χ1) is 16.2. The number of fused-ring (bicyclic) bond motifs is 1. The molecule has 0 unspecified atom stereocenters. The molecule has 1 aromatic carbocycles. The van der Waals surface area contributed by atoms with Crippen molar-refractivity contribution >= 4 is 23.6 Å². The number of hydrogen-bond donors (Lipinski definition) is 1. The molecule has 180 valence electrons. The standard InChI is InChI=1S/C24H27N5O4.ClH/c30-22-4-2-19-24-28(23(31)13-26-19)15-18(29(22)24)14-27-7-5-17(6-8-27)25-12-16-1-3-20-21(11-16)33-10-9-32-20;/h1-4,11,13,17-18,25H,5-10,12,14-15H2;1H/t18-;/m1./s1. The summed E-state index contributed by atoms with van der Waals surface area (Å²) in [6.45, 7) is 5.21. The van der Waals surface area contributed by atoms with Gasteiger partial charge in [-0.25, -0.2) is 4.98 Å². The van der Waals surface area contributed by atoms with Gasteiger partial charge in [-0.15, -0.1) is 12.4 Å². The van der Waals surface area contributed by atoms with Gasteiger partial charge in [-0.1, -0.05) is 6.07 Å². The van der Waals surface area contributed by atoms with Gasteiger partial charge >= 0.3 is 0 Å². The zero-order chi connectivity index (χ0) is 22.4. The van der Waals surface area contributed by atoms with Crippen LogP contribution < -0.4 is 25.9 Å². The number of rotatable bonds is 5. The summed E-state index contributed by atoms with van der Waals surface area (Å²) < 4.78 is 14.7. The van der Waals surface area contributed by atoms with Gasteiger partial charge in [0.15, 0.2) is 11.5 Å². The van der Waals surface area contributed by atoms with Crippen molar-refractivity contribution in [2.75, 3.05) is 32.8 Å². The van der Waals surface area contributed by atoms with E-state index in [1.807, 2.05) is 6.07 Å². The minimum Gasteiger partial charge on any atom is -0.486 e. The van der Waals surface area contributed by atoms with Crippen molar-refractivity contribution in [3.8, 4) is 11.5 Å². The number of hydrogen-bond acceptors (Lipinski definition) is 7. The van der Waals surface area contributed by atoms with Gasteiger partial charge in [0.2, 0.25) is 0 Å². The fraction of sp³-hybridized carbons (Fsp3) is 0.458. The number of aromatic nitrogens is 3. The Morgan fingerprint density at radius 1 is 1.00 bits per heavy atom. The van der Waals surface area contributed by atoms with Gasteiger partial charge in [0.05, 0.1) is 12.2 Å². The summed E-state index contributed by atoms with van der Waals surface area (Å²) >= 11 is 0. The molecule has 2 aromatic heterocycles. The Labute approximate surface area is 202 Å². The number of nitrogens with one attached hydrogen (secondary N) is 1. The van der Waals surface area contributed by atoms with E-state index in [1.54, 1.807) is 21.3 Å². The second-order valence-corrected chi connectivity index (χ2v) is 9.05. The molecule has 9 nitrogen and oxygen atoms in total. The highest BCUT2D eigenvalue weighted by atomic mass is 35.5. The molecule has 1 saturated heterocycles. The van der Waals surface area contributed by atoms with E-state index in [1.165, 1.54) is 11.8 Å². The molecule has 0 amide bonds. The third-order valence-electron chi connectivity index (χ3n) is 6.93. The molecule has 6 rings (SSSR count). The first kappa shape index (κ1) is 22.9. The normalized spacial score (nSPS) is 19.8. The number of ether oxygens (including phenoxy) is 2. The molecule has 0 saturated carbocycles. The van der Waals surface area contributed by atoms with Crippen molar-refractivity contribution in [2.24, 2.45) is 0 Å². The van der Waals surface area contributed by atoms with Gasteiger partial charge < -0.3 is 19.7 Å². The van der Waals surface area contributed by atoms with E-state index >= 15 is 0 Å². The van der Waals surface area contributed by atoms with Crippen LogP contribution in [0.4, 0.5) is 0 Å². The van der Waals surface area contributed by atoms with E-state index in [-0.39, 0.29) is 29.6 Å². The molecule has 0 aliphatic carbocycles. The number of benzene rings is 1. The van der Waals surface area contributed by atoms with Crippen molar-refractivity contribution < 1.29 is 9.47 Å². The quantitative estimate of drug-likeness (QED) is 0.586. The Bertz CT molecular complexity index is 1310. The molecule has 1 atom stereocenters. The number of likely N-dealkylation sites (tertiary alicyclic amines) is 1. The molecule has 3 aliphatic rings. The summed E-state index contributed by atoms with van der Waals surface area (Å²) in [5.74, 6) is 1.65. The van der Waals surface area contributed by atoms with Crippen LogP contribution in [-0.4, -0.2) is 57.9 Å². The Kier molecular flexibility index (Phi) is 6.33. The molecule has 10 heteroatoms. The van der Waals surface area contributed by atoms with Crippen LogP contribution in [0.15, 0.2) is 46.1 Å². The summed E-state index contributed by atoms with van der Waals surface area (Å²) in [6.07, 6.45) is 3.44. The number of pyridine rings is 1. The largest absolute Gasteiger partial charge is 0.486 e. The van der Waals surface area contributed by atoms with E-state index in [0.29, 0.717) is 37.0 Å². The van der Waals surface area contributed by atoms with Crippen LogP contribution in [0.25, 0.3) is 11.2 Å². The zero-order valence-electron chi connectivity index (χ0n) is 18.8. The van der Waals surface area contributed by atoms with E-state index in [9.17, 15) is 9.59 Å².